The Bertz CT molecular complexity index is 452. The van der Waals surface area contributed by atoms with Gasteiger partial charge in [0.25, 0.3) is 0 Å². The fourth-order valence-corrected chi connectivity index (χ4v) is 4.12. The van der Waals surface area contributed by atoms with E-state index < -0.39 is 0 Å². The van der Waals surface area contributed by atoms with Gasteiger partial charge in [0.2, 0.25) is 0 Å². The fourth-order valence-electron chi connectivity index (χ4n) is 4.12. The Kier molecular flexibility index (Phi) is 3.52. The summed E-state index contributed by atoms with van der Waals surface area (Å²) in [6.45, 7) is 3.22. The molecule has 2 atom stereocenters. The van der Waals surface area contributed by atoms with Crippen molar-refractivity contribution in [3.63, 3.8) is 0 Å². The number of hydrogen-bond donors (Lipinski definition) is 1. The first kappa shape index (κ1) is 13.0. The van der Waals surface area contributed by atoms with Gasteiger partial charge in [-0.3, -0.25) is 4.68 Å². The van der Waals surface area contributed by atoms with E-state index in [9.17, 15) is 5.11 Å². The van der Waals surface area contributed by atoms with Gasteiger partial charge in [-0.1, -0.05) is 12.8 Å². The van der Waals surface area contributed by atoms with Crippen LogP contribution < -0.4 is 4.90 Å². The third-order valence-electron chi connectivity index (χ3n) is 4.99. The average molecular weight is 263 g/mol. The molecule has 0 spiro atoms. The molecule has 1 aromatic heterocycles. The minimum absolute atomic E-state index is 0.100. The molecule has 2 heterocycles. The molecule has 1 aliphatic heterocycles. The van der Waals surface area contributed by atoms with Crippen LogP contribution in [0.1, 0.15) is 49.8 Å². The van der Waals surface area contributed by atoms with Crippen molar-refractivity contribution < 1.29 is 5.11 Å². The first-order chi connectivity index (χ1) is 9.22. The van der Waals surface area contributed by atoms with E-state index in [1.54, 1.807) is 0 Å². The van der Waals surface area contributed by atoms with Crippen LogP contribution >= 0.6 is 0 Å². The van der Waals surface area contributed by atoms with Gasteiger partial charge in [-0.25, -0.2) is 0 Å². The summed E-state index contributed by atoms with van der Waals surface area (Å²) < 4.78 is 1.97. The molecule has 3 rings (SSSR count). The Morgan fingerprint density at radius 3 is 2.74 bits per heavy atom. The van der Waals surface area contributed by atoms with Crippen LogP contribution in [0.2, 0.25) is 0 Å². The second-order valence-electron chi connectivity index (χ2n) is 6.12. The van der Waals surface area contributed by atoms with E-state index in [1.807, 2.05) is 18.7 Å². The van der Waals surface area contributed by atoms with Crippen LogP contribution in [0.15, 0.2) is 0 Å². The standard InChI is InChI=1S/C15H25N3O/c1-11-13(10-19)15(17(2)16-11)18-9-5-7-12-6-3-4-8-14(12)18/h12,14,19H,3-10H2,1-2H3. The van der Waals surface area contributed by atoms with Crippen molar-refractivity contribution in [3.8, 4) is 0 Å². The van der Waals surface area contributed by atoms with E-state index in [-0.39, 0.29) is 6.61 Å². The van der Waals surface area contributed by atoms with Crippen LogP contribution in [-0.4, -0.2) is 27.5 Å². The van der Waals surface area contributed by atoms with E-state index in [4.69, 9.17) is 0 Å². The molecule has 2 unspecified atom stereocenters. The van der Waals surface area contributed by atoms with Crippen molar-refractivity contribution in [2.45, 2.75) is 58.1 Å². The summed E-state index contributed by atoms with van der Waals surface area (Å²) in [5.41, 5.74) is 1.99. The molecule has 19 heavy (non-hydrogen) atoms. The van der Waals surface area contributed by atoms with Gasteiger partial charge >= 0.3 is 0 Å². The molecule has 0 aromatic carbocycles. The van der Waals surface area contributed by atoms with Crippen LogP contribution in [0.5, 0.6) is 0 Å². The smallest absolute Gasteiger partial charge is 0.132 e. The molecular formula is C15H25N3O. The number of rotatable bonds is 2. The maximum atomic E-state index is 9.66. The molecule has 4 nitrogen and oxygen atoms in total. The van der Waals surface area contributed by atoms with Gasteiger partial charge in [-0.2, -0.15) is 5.10 Å². The highest BCUT2D eigenvalue weighted by Gasteiger charge is 2.35. The zero-order chi connectivity index (χ0) is 13.4. The number of fused-ring (bicyclic) bond motifs is 1. The molecule has 1 aromatic rings. The predicted octanol–water partition coefficient (Wildman–Crippen LogP) is 2.38. The fraction of sp³-hybridized carbons (Fsp3) is 0.800. The minimum atomic E-state index is 0.100. The number of aromatic nitrogens is 2. The number of anilines is 1. The lowest BCUT2D eigenvalue weighted by Gasteiger charge is -2.45. The van der Waals surface area contributed by atoms with Crippen LogP contribution in [0.3, 0.4) is 0 Å². The Labute approximate surface area is 115 Å². The Morgan fingerprint density at radius 2 is 1.95 bits per heavy atom. The van der Waals surface area contributed by atoms with Gasteiger partial charge in [0.1, 0.15) is 5.82 Å². The first-order valence-corrected chi connectivity index (χ1v) is 7.62. The molecular weight excluding hydrogens is 238 g/mol. The Balaban J connectivity index is 1.96. The third-order valence-corrected chi connectivity index (χ3v) is 4.99. The summed E-state index contributed by atoms with van der Waals surface area (Å²) in [5.74, 6) is 2.01. The second kappa shape index (κ2) is 5.16. The van der Waals surface area contributed by atoms with Gasteiger partial charge < -0.3 is 10.0 Å². The highest BCUT2D eigenvalue weighted by atomic mass is 16.3. The van der Waals surface area contributed by atoms with E-state index in [1.165, 1.54) is 38.5 Å². The van der Waals surface area contributed by atoms with Crippen molar-refractivity contribution in [1.29, 1.82) is 0 Å². The van der Waals surface area contributed by atoms with Crippen LogP contribution in [0.4, 0.5) is 5.82 Å². The Hall–Kier alpha value is -1.03. The normalized spacial score (nSPS) is 27.4. The Morgan fingerprint density at radius 1 is 1.21 bits per heavy atom. The summed E-state index contributed by atoms with van der Waals surface area (Å²) in [5, 5.41) is 14.2. The number of nitrogens with zero attached hydrogens (tertiary/aromatic N) is 3. The number of aliphatic hydroxyl groups excluding tert-OH is 1. The number of aryl methyl sites for hydroxylation is 2. The van der Waals surface area contributed by atoms with Gasteiger partial charge in [0, 0.05) is 25.2 Å². The topological polar surface area (TPSA) is 41.3 Å². The molecule has 2 aliphatic rings. The maximum Gasteiger partial charge on any atom is 0.132 e. The molecule has 4 heteroatoms. The average Bonchev–Trinajstić information content (AvgIpc) is 2.72. The molecule has 1 N–H and O–H groups in total. The molecule has 0 bridgehead atoms. The monoisotopic (exact) mass is 263 g/mol. The van der Waals surface area contributed by atoms with E-state index in [2.05, 4.69) is 10.00 Å². The van der Waals surface area contributed by atoms with E-state index >= 15 is 0 Å². The molecule has 0 radical (unpaired) electrons. The second-order valence-corrected chi connectivity index (χ2v) is 6.12. The maximum absolute atomic E-state index is 9.66. The number of piperidine rings is 1. The number of hydrogen-bond acceptors (Lipinski definition) is 3. The molecule has 2 fully saturated rings. The summed E-state index contributed by atoms with van der Waals surface area (Å²) in [4.78, 5) is 2.54. The summed E-state index contributed by atoms with van der Waals surface area (Å²) in [7, 11) is 2.01. The largest absolute Gasteiger partial charge is 0.391 e. The summed E-state index contributed by atoms with van der Waals surface area (Å²) in [6, 6.07) is 0.669. The lowest BCUT2D eigenvalue weighted by molar-refractivity contribution is 0.239. The SMILES string of the molecule is Cc1nn(C)c(N2CCCC3CCCCC32)c1CO. The lowest BCUT2D eigenvalue weighted by atomic mass is 9.78. The molecule has 106 valence electrons. The van der Waals surface area contributed by atoms with Crippen molar-refractivity contribution in [2.75, 3.05) is 11.4 Å². The van der Waals surface area contributed by atoms with Gasteiger partial charge in [0.15, 0.2) is 0 Å². The van der Waals surface area contributed by atoms with Crippen LogP contribution in [-0.2, 0) is 13.7 Å². The number of aliphatic hydroxyl groups is 1. The molecule has 0 amide bonds. The van der Waals surface area contributed by atoms with Crippen molar-refractivity contribution in [2.24, 2.45) is 13.0 Å². The van der Waals surface area contributed by atoms with Crippen molar-refractivity contribution in [1.82, 2.24) is 9.78 Å². The van der Waals surface area contributed by atoms with Crippen molar-refractivity contribution >= 4 is 5.82 Å². The molecule has 1 aliphatic carbocycles. The first-order valence-electron chi connectivity index (χ1n) is 7.62. The van der Waals surface area contributed by atoms with Gasteiger partial charge in [-0.05, 0) is 38.5 Å². The highest BCUT2D eigenvalue weighted by Crippen LogP contribution is 2.39. The zero-order valence-electron chi connectivity index (χ0n) is 12.1. The third kappa shape index (κ3) is 2.16. The zero-order valence-corrected chi connectivity index (χ0v) is 12.1. The minimum Gasteiger partial charge on any atom is -0.391 e. The quantitative estimate of drug-likeness (QED) is 0.890. The van der Waals surface area contributed by atoms with Crippen molar-refractivity contribution in [3.05, 3.63) is 11.3 Å². The lowest BCUT2D eigenvalue weighted by Crippen LogP contribution is -2.48. The predicted molar refractivity (Wildman–Crippen MR) is 76.2 cm³/mol. The summed E-state index contributed by atoms with van der Waals surface area (Å²) >= 11 is 0. The molecule has 1 saturated carbocycles. The van der Waals surface area contributed by atoms with Gasteiger partial charge in [-0.15, -0.1) is 0 Å². The van der Waals surface area contributed by atoms with E-state index in [0.29, 0.717) is 6.04 Å². The van der Waals surface area contributed by atoms with Crippen LogP contribution in [0, 0.1) is 12.8 Å². The van der Waals surface area contributed by atoms with Gasteiger partial charge in [0.05, 0.1) is 12.3 Å². The summed E-state index contributed by atoms with van der Waals surface area (Å²) in [6.07, 6.45) is 8.09. The van der Waals surface area contributed by atoms with E-state index in [0.717, 1.165) is 29.5 Å². The highest BCUT2D eigenvalue weighted by molar-refractivity contribution is 5.51. The molecule has 1 saturated heterocycles. The van der Waals surface area contributed by atoms with Crippen LogP contribution in [0.25, 0.3) is 0 Å².